The molecule has 3 nitrogen and oxygen atoms in total. The van der Waals surface area contributed by atoms with Crippen LogP contribution in [-0.2, 0) is 11.3 Å². The normalized spacial score (nSPS) is 19.8. The van der Waals surface area contributed by atoms with Gasteiger partial charge in [0.2, 0.25) is 0 Å². The van der Waals surface area contributed by atoms with Crippen molar-refractivity contribution in [3.63, 3.8) is 0 Å². The van der Waals surface area contributed by atoms with Crippen LogP contribution in [0.25, 0.3) is 0 Å². The lowest BCUT2D eigenvalue weighted by Gasteiger charge is -2.29. The molecular formula is C14H21FN2O. The van der Waals surface area contributed by atoms with Crippen molar-refractivity contribution in [2.45, 2.75) is 31.9 Å². The molecule has 4 heteroatoms. The highest BCUT2D eigenvalue weighted by molar-refractivity contribution is 5.48. The van der Waals surface area contributed by atoms with Gasteiger partial charge in [-0.2, -0.15) is 0 Å². The molecule has 1 heterocycles. The summed E-state index contributed by atoms with van der Waals surface area (Å²) in [6.07, 6.45) is 3.62. The van der Waals surface area contributed by atoms with Crippen LogP contribution in [0.1, 0.15) is 24.8 Å². The Hall–Kier alpha value is -1.13. The molecule has 1 fully saturated rings. The summed E-state index contributed by atoms with van der Waals surface area (Å²) in [5.41, 5.74) is 6.92. The first-order chi connectivity index (χ1) is 8.70. The summed E-state index contributed by atoms with van der Waals surface area (Å²) in [5.74, 6) is -0.212. The summed E-state index contributed by atoms with van der Waals surface area (Å²) in [6, 6.07) is 5.17. The average molecular weight is 252 g/mol. The molecule has 1 saturated heterocycles. The molecule has 1 atom stereocenters. The molecule has 0 amide bonds. The fourth-order valence-corrected chi connectivity index (χ4v) is 2.34. The molecule has 0 radical (unpaired) electrons. The highest BCUT2D eigenvalue weighted by Crippen LogP contribution is 2.21. The van der Waals surface area contributed by atoms with Crippen molar-refractivity contribution in [2.75, 3.05) is 25.1 Å². The molecule has 2 N–H and O–H groups in total. The van der Waals surface area contributed by atoms with Gasteiger partial charge in [-0.1, -0.05) is 6.07 Å². The summed E-state index contributed by atoms with van der Waals surface area (Å²) in [6.45, 7) is 1.93. The number of likely N-dealkylation sites (N-methyl/N-ethyl adjacent to an activating group) is 1. The number of nitrogens with zero attached hydrogens (tertiary/aromatic N) is 1. The summed E-state index contributed by atoms with van der Waals surface area (Å²) in [4.78, 5) is 1.92. The van der Waals surface area contributed by atoms with Crippen LogP contribution in [0.2, 0.25) is 0 Å². The SMILES string of the molecule is CN(CC1CCCCO1)c1ccc(CN)cc1F. The van der Waals surface area contributed by atoms with Crippen LogP contribution in [0, 0.1) is 5.82 Å². The van der Waals surface area contributed by atoms with Crippen molar-refractivity contribution < 1.29 is 9.13 Å². The van der Waals surface area contributed by atoms with Crippen LogP contribution in [0.4, 0.5) is 10.1 Å². The molecule has 0 aromatic heterocycles. The second-order valence-corrected chi connectivity index (χ2v) is 4.86. The number of ether oxygens (including phenoxy) is 1. The average Bonchev–Trinajstić information content (AvgIpc) is 2.39. The molecule has 0 aliphatic carbocycles. The van der Waals surface area contributed by atoms with Crippen molar-refractivity contribution in [3.05, 3.63) is 29.6 Å². The molecule has 0 spiro atoms. The fourth-order valence-electron chi connectivity index (χ4n) is 2.34. The van der Waals surface area contributed by atoms with Crippen LogP contribution in [0.15, 0.2) is 18.2 Å². The van der Waals surface area contributed by atoms with Crippen LogP contribution >= 0.6 is 0 Å². The smallest absolute Gasteiger partial charge is 0.146 e. The van der Waals surface area contributed by atoms with Gasteiger partial charge in [0.05, 0.1) is 11.8 Å². The number of anilines is 1. The number of hydrogen-bond donors (Lipinski definition) is 1. The predicted octanol–water partition coefficient (Wildman–Crippen LogP) is 2.29. The quantitative estimate of drug-likeness (QED) is 0.893. The summed E-state index contributed by atoms with van der Waals surface area (Å²) in [7, 11) is 1.90. The number of nitrogens with two attached hydrogens (primary N) is 1. The molecule has 100 valence electrons. The van der Waals surface area contributed by atoms with E-state index in [1.54, 1.807) is 6.07 Å². The maximum atomic E-state index is 13.9. The molecule has 1 unspecified atom stereocenters. The highest BCUT2D eigenvalue weighted by Gasteiger charge is 2.17. The van der Waals surface area contributed by atoms with Crippen molar-refractivity contribution >= 4 is 5.69 Å². The van der Waals surface area contributed by atoms with Gasteiger partial charge in [0.1, 0.15) is 5.82 Å². The van der Waals surface area contributed by atoms with Crippen molar-refractivity contribution in [1.29, 1.82) is 0 Å². The lowest BCUT2D eigenvalue weighted by molar-refractivity contribution is 0.0215. The van der Waals surface area contributed by atoms with Crippen LogP contribution in [0.3, 0.4) is 0 Å². The first kappa shape index (κ1) is 13.3. The van der Waals surface area contributed by atoms with Crippen LogP contribution in [-0.4, -0.2) is 26.3 Å². The first-order valence-corrected chi connectivity index (χ1v) is 6.52. The third-order valence-electron chi connectivity index (χ3n) is 3.41. The van der Waals surface area contributed by atoms with Crippen molar-refractivity contribution in [3.8, 4) is 0 Å². The minimum atomic E-state index is -0.212. The van der Waals surface area contributed by atoms with E-state index in [0.29, 0.717) is 12.2 Å². The third kappa shape index (κ3) is 3.21. The Morgan fingerprint density at radius 1 is 1.44 bits per heavy atom. The van der Waals surface area contributed by atoms with E-state index in [9.17, 15) is 4.39 Å². The van der Waals surface area contributed by atoms with E-state index < -0.39 is 0 Å². The first-order valence-electron chi connectivity index (χ1n) is 6.52. The van der Waals surface area contributed by atoms with Crippen LogP contribution in [0.5, 0.6) is 0 Å². The van der Waals surface area contributed by atoms with E-state index in [4.69, 9.17) is 10.5 Å². The van der Waals surface area contributed by atoms with Crippen molar-refractivity contribution in [2.24, 2.45) is 5.73 Å². The maximum Gasteiger partial charge on any atom is 0.146 e. The Morgan fingerprint density at radius 2 is 2.28 bits per heavy atom. The minimum absolute atomic E-state index is 0.212. The standard InChI is InChI=1S/C14H21FN2O/c1-17(10-12-4-2-3-7-18-12)14-6-5-11(9-16)8-13(14)15/h5-6,8,12H,2-4,7,9-10,16H2,1H3. The topological polar surface area (TPSA) is 38.5 Å². The van der Waals surface area contributed by atoms with Gasteiger partial charge in [-0.25, -0.2) is 4.39 Å². The van der Waals surface area contributed by atoms with E-state index in [0.717, 1.165) is 31.6 Å². The zero-order chi connectivity index (χ0) is 13.0. The largest absolute Gasteiger partial charge is 0.376 e. The molecule has 1 aliphatic heterocycles. The summed E-state index contributed by atoms with van der Waals surface area (Å²) >= 11 is 0. The van der Waals surface area contributed by atoms with Gasteiger partial charge in [-0.05, 0) is 37.0 Å². The number of hydrogen-bond acceptors (Lipinski definition) is 3. The number of halogens is 1. The monoisotopic (exact) mass is 252 g/mol. The number of rotatable bonds is 4. The lowest BCUT2D eigenvalue weighted by atomic mass is 10.1. The van der Waals surface area contributed by atoms with Gasteiger partial charge in [0.25, 0.3) is 0 Å². The Kier molecular flexibility index (Phi) is 4.55. The Morgan fingerprint density at radius 3 is 2.89 bits per heavy atom. The minimum Gasteiger partial charge on any atom is -0.376 e. The van der Waals surface area contributed by atoms with Gasteiger partial charge >= 0.3 is 0 Å². The Balaban J connectivity index is 2.01. The van der Waals surface area contributed by atoms with E-state index >= 15 is 0 Å². The van der Waals surface area contributed by atoms with E-state index in [1.807, 2.05) is 18.0 Å². The Bertz CT molecular complexity index is 391. The highest BCUT2D eigenvalue weighted by atomic mass is 19.1. The number of benzene rings is 1. The molecule has 1 aromatic carbocycles. The van der Waals surface area contributed by atoms with Gasteiger partial charge < -0.3 is 15.4 Å². The third-order valence-corrected chi connectivity index (χ3v) is 3.41. The molecule has 0 bridgehead atoms. The van der Waals surface area contributed by atoms with Gasteiger partial charge in [0, 0.05) is 26.7 Å². The zero-order valence-electron chi connectivity index (χ0n) is 10.9. The van der Waals surface area contributed by atoms with E-state index in [2.05, 4.69) is 0 Å². The van der Waals surface area contributed by atoms with Gasteiger partial charge in [0.15, 0.2) is 0 Å². The molecule has 1 aromatic rings. The molecule has 1 aliphatic rings. The maximum absolute atomic E-state index is 13.9. The summed E-state index contributed by atoms with van der Waals surface area (Å²) < 4.78 is 19.6. The fraction of sp³-hybridized carbons (Fsp3) is 0.571. The van der Waals surface area contributed by atoms with Gasteiger partial charge in [-0.15, -0.1) is 0 Å². The lowest BCUT2D eigenvalue weighted by Crippen LogP contribution is -2.33. The predicted molar refractivity (Wildman–Crippen MR) is 71.2 cm³/mol. The molecule has 18 heavy (non-hydrogen) atoms. The second-order valence-electron chi connectivity index (χ2n) is 4.86. The van der Waals surface area contributed by atoms with Crippen LogP contribution < -0.4 is 10.6 Å². The van der Waals surface area contributed by atoms with E-state index in [-0.39, 0.29) is 11.9 Å². The van der Waals surface area contributed by atoms with Gasteiger partial charge in [-0.3, -0.25) is 0 Å². The molecular weight excluding hydrogens is 231 g/mol. The molecule has 0 saturated carbocycles. The summed E-state index contributed by atoms with van der Waals surface area (Å²) in [5, 5.41) is 0. The Labute approximate surface area is 108 Å². The zero-order valence-corrected chi connectivity index (χ0v) is 10.9. The molecule has 2 rings (SSSR count). The second kappa shape index (κ2) is 6.16. The van der Waals surface area contributed by atoms with Crippen molar-refractivity contribution in [1.82, 2.24) is 0 Å². The van der Waals surface area contributed by atoms with E-state index in [1.165, 1.54) is 12.5 Å².